The van der Waals surface area contributed by atoms with Gasteiger partial charge in [-0.05, 0) is 41.8 Å². The topological polar surface area (TPSA) is 27.7 Å². The summed E-state index contributed by atoms with van der Waals surface area (Å²) in [6.07, 6.45) is 1.54. The first-order chi connectivity index (χ1) is 8.22. The van der Waals surface area contributed by atoms with Gasteiger partial charge in [-0.25, -0.2) is 4.39 Å². The second-order valence-electron chi connectivity index (χ2n) is 3.76. The van der Waals surface area contributed by atoms with Crippen molar-refractivity contribution in [3.63, 3.8) is 0 Å². The molecule has 0 saturated carbocycles. The number of halogens is 1. The van der Waals surface area contributed by atoms with Gasteiger partial charge in [0.05, 0.1) is 0 Å². The quantitative estimate of drug-likeness (QED) is 0.750. The summed E-state index contributed by atoms with van der Waals surface area (Å²) in [5, 5.41) is 0. The highest BCUT2D eigenvalue weighted by atomic mass is 19.1. The second kappa shape index (κ2) is 5.40. The van der Waals surface area contributed by atoms with Crippen LogP contribution < -0.4 is 0 Å². The molecule has 0 amide bonds. The van der Waals surface area contributed by atoms with Crippen molar-refractivity contribution in [3.05, 3.63) is 47.3 Å². The SMILES string of the molecule is COC1C=C(Cc2[c]ccc(F)c2)C(OC)O1. The molecule has 0 aliphatic carbocycles. The van der Waals surface area contributed by atoms with Crippen molar-refractivity contribution < 1.29 is 18.6 Å². The standard InChI is InChI=1S/C13H14FO3/c1-15-12-8-10(13(16-2)17-12)6-9-4-3-5-11(14)7-9/h3,5,7-8,12-13H,6H2,1-2H3. The molecule has 1 radical (unpaired) electrons. The molecule has 0 bridgehead atoms. The monoisotopic (exact) mass is 237 g/mol. The maximum Gasteiger partial charge on any atom is 0.183 e. The smallest absolute Gasteiger partial charge is 0.183 e. The van der Waals surface area contributed by atoms with Gasteiger partial charge in [-0.2, -0.15) is 0 Å². The van der Waals surface area contributed by atoms with Gasteiger partial charge < -0.3 is 14.2 Å². The normalized spacial score (nSPS) is 23.8. The molecule has 0 N–H and O–H groups in total. The number of hydrogen-bond acceptors (Lipinski definition) is 3. The van der Waals surface area contributed by atoms with E-state index in [0.717, 1.165) is 11.1 Å². The molecule has 91 valence electrons. The molecule has 2 atom stereocenters. The third-order valence-corrected chi connectivity index (χ3v) is 2.57. The fourth-order valence-electron chi connectivity index (χ4n) is 1.78. The van der Waals surface area contributed by atoms with Gasteiger partial charge in [-0.15, -0.1) is 0 Å². The molecule has 3 nitrogen and oxygen atoms in total. The Morgan fingerprint density at radius 3 is 2.88 bits per heavy atom. The van der Waals surface area contributed by atoms with Crippen molar-refractivity contribution in [1.29, 1.82) is 0 Å². The molecule has 1 aliphatic heterocycles. The summed E-state index contributed by atoms with van der Waals surface area (Å²) in [5.41, 5.74) is 1.68. The van der Waals surface area contributed by atoms with Crippen LogP contribution in [0.15, 0.2) is 29.8 Å². The van der Waals surface area contributed by atoms with E-state index in [2.05, 4.69) is 6.07 Å². The van der Waals surface area contributed by atoms with Gasteiger partial charge in [0.15, 0.2) is 12.6 Å². The number of benzene rings is 1. The zero-order chi connectivity index (χ0) is 12.3. The van der Waals surface area contributed by atoms with E-state index in [0.29, 0.717) is 6.42 Å². The lowest BCUT2D eigenvalue weighted by Crippen LogP contribution is -2.18. The van der Waals surface area contributed by atoms with Gasteiger partial charge in [0.25, 0.3) is 0 Å². The van der Waals surface area contributed by atoms with Crippen molar-refractivity contribution in [2.75, 3.05) is 14.2 Å². The van der Waals surface area contributed by atoms with Crippen LogP contribution in [0.4, 0.5) is 4.39 Å². The first-order valence-corrected chi connectivity index (χ1v) is 5.30. The minimum Gasteiger partial charge on any atom is -0.352 e. The van der Waals surface area contributed by atoms with Crippen molar-refractivity contribution in [1.82, 2.24) is 0 Å². The minimum atomic E-state index is -0.434. The molecule has 1 aromatic carbocycles. The van der Waals surface area contributed by atoms with Crippen LogP contribution in [0, 0.1) is 11.9 Å². The average Bonchev–Trinajstić information content (AvgIpc) is 2.71. The highest BCUT2D eigenvalue weighted by Gasteiger charge is 2.26. The first-order valence-electron chi connectivity index (χ1n) is 5.30. The average molecular weight is 237 g/mol. The largest absolute Gasteiger partial charge is 0.352 e. The molecule has 0 spiro atoms. The van der Waals surface area contributed by atoms with E-state index in [1.165, 1.54) is 12.1 Å². The van der Waals surface area contributed by atoms with Gasteiger partial charge in [-0.3, -0.25) is 0 Å². The Kier molecular flexibility index (Phi) is 3.89. The van der Waals surface area contributed by atoms with E-state index in [1.54, 1.807) is 20.3 Å². The maximum atomic E-state index is 13.0. The van der Waals surface area contributed by atoms with Crippen LogP contribution >= 0.6 is 0 Å². The lowest BCUT2D eigenvalue weighted by Gasteiger charge is -2.14. The Hall–Kier alpha value is -1.23. The second-order valence-corrected chi connectivity index (χ2v) is 3.76. The van der Waals surface area contributed by atoms with Gasteiger partial charge in [0.2, 0.25) is 0 Å². The van der Waals surface area contributed by atoms with Crippen LogP contribution in [-0.4, -0.2) is 26.8 Å². The minimum absolute atomic E-state index is 0.268. The van der Waals surface area contributed by atoms with Gasteiger partial charge in [0, 0.05) is 14.2 Å². The summed E-state index contributed by atoms with van der Waals surface area (Å²) in [6.45, 7) is 0. The molecule has 0 fully saturated rings. The van der Waals surface area contributed by atoms with Crippen LogP contribution in [0.3, 0.4) is 0 Å². The van der Waals surface area contributed by atoms with Crippen LogP contribution in [0.2, 0.25) is 0 Å². The Balaban J connectivity index is 2.11. The summed E-state index contributed by atoms with van der Waals surface area (Å²) in [4.78, 5) is 0. The van der Waals surface area contributed by atoms with Gasteiger partial charge >= 0.3 is 0 Å². The summed E-state index contributed by atoms with van der Waals surface area (Å²) in [5.74, 6) is -0.268. The van der Waals surface area contributed by atoms with Crippen molar-refractivity contribution >= 4 is 0 Å². The summed E-state index contributed by atoms with van der Waals surface area (Å²) in [7, 11) is 3.12. The van der Waals surface area contributed by atoms with Gasteiger partial charge in [-0.1, -0.05) is 6.07 Å². The molecule has 17 heavy (non-hydrogen) atoms. The summed E-state index contributed by atoms with van der Waals surface area (Å²) >= 11 is 0. The van der Waals surface area contributed by atoms with Gasteiger partial charge in [0.1, 0.15) is 5.82 Å². The van der Waals surface area contributed by atoms with E-state index in [9.17, 15) is 4.39 Å². The molecule has 1 aromatic rings. The predicted molar refractivity (Wildman–Crippen MR) is 59.7 cm³/mol. The number of hydrogen-bond donors (Lipinski definition) is 0. The van der Waals surface area contributed by atoms with Crippen LogP contribution in [0.1, 0.15) is 5.56 Å². The first kappa shape index (κ1) is 12.2. The summed E-state index contributed by atoms with van der Waals surface area (Å²) in [6, 6.07) is 7.37. The predicted octanol–water partition coefficient (Wildman–Crippen LogP) is 2.07. The van der Waals surface area contributed by atoms with E-state index >= 15 is 0 Å². The van der Waals surface area contributed by atoms with E-state index in [-0.39, 0.29) is 5.82 Å². The maximum absolute atomic E-state index is 13.0. The Labute approximate surface area is 99.8 Å². The van der Waals surface area contributed by atoms with Crippen molar-refractivity contribution in [2.45, 2.75) is 19.0 Å². The third-order valence-electron chi connectivity index (χ3n) is 2.57. The van der Waals surface area contributed by atoms with Crippen LogP contribution in [0.25, 0.3) is 0 Å². The molecule has 2 rings (SSSR count). The highest BCUT2D eigenvalue weighted by molar-refractivity contribution is 5.24. The molecular weight excluding hydrogens is 223 g/mol. The van der Waals surface area contributed by atoms with E-state index < -0.39 is 12.6 Å². The number of rotatable bonds is 4. The molecule has 1 aliphatic rings. The summed E-state index contributed by atoms with van der Waals surface area (Å²) < 4.78 is 28.7. The molecule has 0 saturated heterocycles. The lowest BCUT2D eigenvalue weighted by atomic mass is 10.1. The van der Waals surface area contributed by atoms with Crippen LogP contribution in [-0.2, 0) is 20.6 Å². The lowest BCUT2D eigenvalue weighted by molar-refractivity contribution is -0.177. The molecule has 2 unspecified atom stereocenters. The number of ether oxygens (including phenoxy) is 3. The highest BCUT2D eigenvalue weighted by Crippen LogP contribution is 2.24. The Morgan fingerprint density at radius 2 is 2.24 bits per heavy atom. The molecule has 4 heteroatoms. The Morgan fingerprint density at radius 1 is 1.41 bits per heavy atom. The van der Waals surface area contributed by atoms with Crippen LogP contribution in [0.5, 0.6) is 0 Å². The zero-order valence-electron chi connectivity index (χ0n) is 9.77. The molecular formula is C13H14FO3. The zero-order valence-corrected chi connectivity index (χ0v) is 9.77. The molecule has 0 aromatic heterocycles. The van der Waals surface area contributed by atoms with E-state index in [1.807, 2.05) is 6.08 Å². The van der Waals surface area contributed by atoms with E-state index in [4.69, 9.17) is 14.2 Å². The van der Waals surface area contributed by atoms with Crippen molar-refractivity contribution in [3.8, 4) is 0 Å². The molecule has 1 heterocycles. The fourth-order valence-corrected chi connectivity index (χ4v) is 1.78. The third kappa shape index (κ3) is 2.91. The fraction of sp³-hybridized carbons (Fsp3) is 0.385. The Bertz CT molecular complexity index is 417. The van der Waals surface area contributed by atoms with Crippen molar-refractivity contribution in [2.24, 2.45) is 0 Å². The number of methoxy groups -OCH3 is 2.